The SMILES string of the molecule is COc1ccc([N+](=O)[O-])cc1NC(=O)c1cc(S(=O)(=O)N2CCC(C)CC2)ccc1Cl. The van der Waals surface area contributed by atoms with Crippen LogP contribution in [0.3, 0.4) is 0 Å². The highest BCUT2D eigenvalue weighted by Gasteiger charge is 2.29. The lowest BCUT2D eigenvalue weighted by Gasteiger charge is -2.29. The first kappa shape index (κ1) is 23.0. The molecule has 1 aliphatic rings. The van der Waals surface area contributed by atoms with E-state index in [9.17, 15) is 23.3 Å². The Balaban J connectivity index is 1.91. The van der Waals surface area contributed by atoms with E-state index in [0.29, 0.717) is 19.0 Å². The highest BCUT2D eigenvalue weighted by atomic mass is 35.5. The average Bonchev–Trinajstić information content (AvgIpc) is 2.74. The number of halogens is 1. The zero-order valence-electron chi connectivity index (χ0n) is 17.0. The fraction of sp³-hybridized carbons (Fsp3) is 0.350. The molecule has 0 aromatic heterocycles. The number of hydrogen-bond donors (Lipinski definition) is 1. The van der Waals surface area contributed by atoms with Crippen LogP contribution in [0.15, 0.2) is 41.3 Å². The number of nitrogens with zero attached hydrogens (tertiary/aromatic N) is 2. The minimum absolute atomic E-state index is 0.0392. The van der Waals surface area contributed by atoms with E-state index in [0.717, 1.165) is 18.9 Å². The van der Waals surface area contributed by atoms with Gasteiger partial charge in [0.2, 0.25) is 10.0 Å². The number of piperidine rings is 1. The van der Waals surface area contributed by atoms with Gasteiger partial charge in [-0.1, -0.05) is 18.5 Å². The van der Waals surface area contributed by atoms with Crippen LogP contribution in [0.4, 0.5) is 11.4 Å². The summed E-state index contributed by atoms with van der Waals surface area (Å²) in [7, 11) is -2.42. The summed E-state index contributed by atoms with van der Waals surface area (Å²) in [6.07, 6.45) is 1.54. The predicted molar refractivity (Wildman–Crippen MR) is 116 cm³/mol. The molecule has 11 heteroatoms. The molecule has 1 aliphatic heterocycles. The second-order valence-corrected chi connectivity index (χ2v) is 9.67. The zero-order chi connectivity index (χ0) is 22.8. The van der Waals surface area contributed by atoms with Crippen LogP contribution in [0.5, 0.6) is 5.75 Å². The van der Waals surface area contributed by atoms with Crippen LogP contribution in [0.1, 0.15) is 30.1 Å². The third-order valence-corrected chi connectivity index (χ3v) is 7.43. The molecule has 31 heavy (non-hydrogen) atoms. The van der Waals surface area contributed by atoms with Crippen molar-refractivity contribution in [1.29, 1.82) is 0 Å². The number of rotatable bonds is 6. The number of nitro benzene ring substituents is 1. The minimum atomic E-state index is -3.78. The number of carbonyl (C=O) groups is 1. The number of non-ortho nitro benzene ring substituents is 1. The van der Waals surface area contributed by atoms with Crippen LogP contribution in [0.2, 0.25) is 5.02 Å². The number of anilines is 1. The van der Waals surface area contributed by atoms with Gasteiger partial charge in [0, 0.05) is 25.2 Å². The van der Waals surface area contributed by atoms with Crippen LogP contribution >= 0.6 is 11.6 Å². The molecule has 0 atom stereocenters. The Kier molecular flexibility index (Phi) is 6.83. The Labute approximate surface area is 185 Å². The van der Waals surface area contributed by atoms with Crippen molar-refractivity contribution in [3.8, 4) is 5.75 Å². The maximum absolute atomic E-state index is 13.0. The standard InChI is InChI=1S/C20H22ClN3O6S/c1-13-7-9-23(10-8-13)31(28,29)15-4-5-17(21)16(12-15)20(25)22-18-11-14(24(26)27)3-6-19(18)30-2/h3-6,11-13H,7-10H2,1-2H3,(H,22,25). The largest absolute Gasteiger partial charge is 0.495 e. The van der Waals surface area contributed by atoms with Crippen molar-refractivity contribution in [2.75, 3.05) is 25.5 Å². The van der Waals surface area contributed by atoms with E-state index in [-0.39, 0.29) is 32.6 Å². The Morgan fingerprint density at radius 3 is 2.52 bits per heavy atom. The van der Waals surface area contributed by atoms with E-state index >= 15 is 0 Å². The highest BCUT2D eigenvalue weighted by molar-refractivity contribution is 7.89. The summed E-state index contributed by atoms with van der Waals surface area (Å²) in [5, 5.41) is 13.6. The summed E-state index contributed by atoms with van der Waals surface area (Å²) in [5.41, 5.74) is -0.240. The molecule has 9 nitrogen and oxygen atoms in total. The Hall–Kier alpha value is -2.69. The van der Waals surface area contributed by atoms with E-state index in [1.54, 1.807) is 0 Å². The van der Waals surface area contributed by atoms with Crippen LogP contribution in [-0.2, 0) is 10.0 Å². The van der Waals surface area contributed by atoms with Gasteiger partial charge >= 0.3 is 0 Å². The van der Waals surface area contributed by atoms with Crippen LogP contribution in [0, 0.1) is 16.0 Å². The molecule has 3 rings (SSSR count). The molecule has 0 spiro atoms. The molecule has 0 radical (unpaired) electrons. The van der Waals surface area contributed by atoms with E-state index in [2.05, 4.69) is 12.2 Å². The zero-order valence-corrected chi connectivity index (χ0v) is 18.6. The van der Waals surface area contributed by atoms with Gasteiger partial charge in [-0.25, -0.2) is 8.42 Å². The maximum Gasteiger partial charge on any atom is 0.271 e. The van der Waals surface area contributed by atoms with Crippen molar-refractivity contribution in [2.24, 2.45) is 5.92 Å². The van der Waals surface area contributed by atoms with Crippen LogP contribution < -0.4 is 10.1 Å². The van der Waals surface area contributed by atoms with Gasteiger partial charge in [-0.15, -0.1) is 0 Å². The van der Waals surface area contributed by atoms with E-state index < -0.39 is 20.9 Å². The van der Waals surface area contributed by atoms with Crippen molar-refractivity contribution in [1.82, 2.24) is 4.31 Å². The topological polar surface area (TPSA) is 119 Å². The molecule has 2 aromatic carbocycles. The number of hydrogen-bond acceptors (Lipinski definition) is 6. The molecular formula is C20H22ClN3O6S. The Bertz CT molecular complexity index is 1110. The molecule has 0 aliphatic carbocycles. The summed E-state index contributed by atoms with van der Waals surface area (Å²) in [5.74, 6) is -0.0442. The lowest BCUT2D eigenvalue weighted by atomic mass is 10.0. The summed E-state index contributed by atoms with van der Waals surface area (Å²) in [6.45, 7) is 2.91. The number of sulfonamides is 1. The predicted octanol–water partition coefficient (Wildman–Crippen LogP) is 3.93. The fourth-order valence-corrected chi connectivity index (χ4v) is 5.01. The van der Waals surface area contributed by atoms with E-state index in [1.165, 1.54) is 41.7 Å². The fourth-order valence-electron chi connectivity index (χ4n) is 3.31. The van der Waals surface area contributed by atoms with Crippen LogP contribution in [0.25, 0.3) is 0 Å². The molecule has 0 saturated carbocycles. The molecule has 0 unspecified atom stereocenters. The number of carbonyl (C=O) groups excluding carboxylic acids is 1. The normalized spacial score (nSPS) is 15.5. The molecule has 1 heterocycles. The molecule has 1 saturated heterocycles. The monoisotopic (exact) mass is 467 g/mol. The van der Waals surface area contributed by atoms with Gasteiger partial charge in [0.15, 0.2) is 0 Å². The molecular weight excluding hydrogens is 446 g/mol. The quantitative estimate of drug-likeness (QED) is 0.507. The molecule has 1 N–H and O–H groups in total. The van der Waals surface area contributed by atoms with Gasteiger partial charge < -0.3 is 10.1 Å². The van der Waals surface area contributed by atoms with Gasteiger partial charge in [0.05, 0.1) is 33.2 Å². The van der Waals surface area contributed by atoms with Crippen molar-refractivity contribution in [2.45, 2.75) is 24.7 Å². The van der Waals surface area contributed by atoms with Crippen molar-refractivity contribution >= 4 is 38.9 Å². The minimum Gasteiger partial charge on any atom is -0.495 e. The summed E-state index contributed by atoms with van der Waals surface area (Å²) in [6, 6.07) is 7.68. The summed E-state index contributed by atoms with van der Waals surface area (Å²) < 4.78 is 32.6. The second kappa shape index (κ2) is 9.21. The van der Waals surface area contributed by atoms with Gasteiger partial charge in [-0.3, -0.25) is 14.9 Å². The first-order valence-corrected chi connectivity index (χ1v) is 11.4. The third kappa shape index (κ3) is 4.97. The third-order valence-electron chi connectivity index (χ3n) is 5.20. The van der Waals surface area contributed by atoms with E-state index in [4.69, 9.17) is 16.3 Å². The first-order valence-electron chi connectivity index (χ1n) is 9.57. The van der Waals surface area contributed by atoms with E-state index in [1.807, 2.05) is 0 Å². The maximum atomic E-state index is 13.0. The lowest BCUT2D eigenvalue weighted by Crippen LogP contribution is -2.37. The Morgan fingerprint density at radius 1 is 1.23 bits per heavy atom. The molecule has 1 fully saturated rings. The van der Waals surface area contributed by atoms with Crippen molar-refractivity contribution in [3.05, 3.63) is 57.1 Å². The van der Waals surface area contributed by atoms with Gasteiger partial charge in [-0.05, 0) is 43.0 Å². The number of benzene rings is 2. The number of nitrogens with one attached hydrogen (secondary N) is 1. The smallest absolute Gasteiger partial charge is 0.271 e. The number of nitro groups is 1. The number of amides is 1. The highest BCUT2D eigenvalue weighted by Crippen LogP contribution is 2.31. The van der Waals surface area contributed by atoms with Crippen molar-refractivity contribution < 1.29 is 22.9 Å². The van der Waals surface area contributed by atoms with Gasteiger partial charge in [0.1, 0.15) is 5.75 Å². The lowest BCUT2D eigenvalue weighted by molar-refractivity contribution is -0.384. The Morgan fingerprint density at radius 2 is 1.90 bits per heavy atom. The van der Waals surface area contributed by atoms with Crippen molar-refractivity contribution in [3.63, 3.8) is 0 Å². The van der Waals surface area contributed by atoms with Gasteiger partial charge in [0.25, 0.3) is 11.6 Å². The second-order valence-electron chi connectivity index (χ2n) is 7.32. The number of methoxy groups -OCH3 is 1. The summed E-state index contributed by atoms with van der Waals surface area (Å²) in [4.78, 5) is 23.3. The number of ether oxygens (including phenoxy) is 1. The molecule has 1 amide bonds. The molecule has 0 bridgehead atoms. The first-order chi connectivity index (χ1) is 14.6. The molecule has 166 valence electrons. The average molecular weight is 468 g/mol. The van der Waals surface area contributed by atoms with Gasteiger partial charge in [-0.2, -0.15) is 4.31 Å². The molecule has 2 aromatic rings. The summed E-state index contributed by atoms with van der Waals surface area (Å²) >= 11 is 6.16. The van der Waals surface area contributed by atoms with Crippen LogP contribution in [-0.4, -0.2) is 43.8 Å².